The lowest BCUT2D eigenvalue weighted by Crippen LogP contribution is -2.31. The van der Waals surface area contributed by atoms with Crippen molar-refractivity contribution in [1.29, 1.82) is 0 Å². The lowest BCUT2D eigenvalue weighted by molar-refractivity contribution is -0.147. The van der Waals surface area contributed by atoms with Gasteiger partial charge in [0, 0.05) is 13.0 Å². The number of rotatable bonds is 8. The fraction of sp³-hybridized carbons (Fsp3) is 0.286. The van der Waals surface area contributed by atoms with Gasteiger partial charge in [-0.1, -0.05) is 11.6 Å². The summed E-state index contributed by atoms with van der Waals surface area (Å²) < 4.78 is 9.55. The van der Waals surface area contributed by atoms with E-state index in [-0.39, 0.29) is 41.8 Å². The molecule has 1 aromatic carbocycles. The minimum Gasteiger partial charge on any atom is -0.465 e. The van der Waals surface area contributed by atoms with Crippen molar-refractivity contribution >= 4 is 46.7 Å². The first kappa shape index (κ1) is 22.2. The van der Waals surface area contributed by atoms with E-state index in [1.165, 1.54) is 7.11 Å². The molecule has 1 aromatic heterocycles. The second-order valence-electron chi connectivity index (χ2n) is 6.78. The number of carbonyl (C=O) groups is 5. The van der Waals surface area contributed by atoms with Crippen LogP contribution in [0.1, 0.15) is 48.8 Å². The number of imide groups is 1. The quantitative estimate of drug-likeness (QED) is 0.490. The van der Waals surface area contributed by atoms with Gasteiger partial charge in [-0.25, -0.2) is 4.79 Å². The van der Waals surface area contributed by atoms with E-state index in [1.807, 2.05) is 6.92 Å². The van der Waals surface area contributed by atoms with Crippen LogP contribution in [0, 0.1) is 6.92 Å². The van der Waals surface area contributed by atoms with Crippen molar-refractivity contribution in [2.45, 2.75) is 19.8 Å². The fourth-order valence-electron chi connectivity index (χ4n) is 3.05. The third-order valence-corrected chi connectivity index (χ3v) is 5.46. The number of anilines is 1. The monoisotopic (exact) mass is 444 g/mol. The molecule has 1 N–H and O–H groups in total. The Balaban J connectivity index is 1.43. The number of benzene rings is 1. The average Bonchev–Trinajstić information content (AvgIpc) is 3.29. The lowest BCUT2D eigenvalue weighted by atomic mass is 10.1. The van der Waals surface area contributed by atoms with E-state index in [9.17, 15) is 24.0 Å². The van der Waals surface area contributed by atoms with E-state index in [0.29, 0.717) is 11.1 Å². The average molecular weight is 444 g/mol. The molecular weight excluding hydrogens is 424 g/mol. The van der Waals surface area contributed by atoms with Crippen LogP contribution in [0.3, 0.4) is 0 Å². The van der Waals surface area contributed by atoms with Crippen molar-refractivity contribution in [3.8, 4) is 0 Å². The summed E-state index contributed by atoms with van der Waals surface area (Å²) in [5, 5.41) is 4.10. The summed E-state index contributed by atoms with van der Waals surface area (Å²) in [4.78, 5) is 61.6. The molecule has 3 amide bonds. The number of hydrogen-bond acceptors (Lipinski definition) is 8. The SMILES string of the molecule is COC(=O)c1sccc1NC(=O)COC(=O)CCCN1C(=O)c2ccc(C)cc2C1=O. The molecule has 162 valence electrons. The zero-order chi connectivity index (χ0) is 22.5. The summed E-state index contributed by atoms with van der Waals surface area (Å²) in [5.41, 5.74) is 1.88. The highest BCUT2D eigenvalue weighted by Gasteiger charge is 2.35. The van der Waals surface area contributed by atoms with Crippen LogP contribution in [0.2, 0.25) is 0 Å². The fourth-order valence-corrected chi connectivity index (χ4v) is 3.82. The summed E-state index contributed by atoms with van der Waals surface area (Å²) >= 11 is 1.11. The third-order valence-electron chi connectivity index (χ3n) is 4.56. The molecule has 2 aromatic rings. The van der Waals surface area contributed by atoms with Crippen molar-refractivity contribution in [2.75, 3.05) is 25.6 Å². The van der Waals surface area contributed by atoms with Crippen molar-refractivity contribution in [1.82, 2.24) is 4.90 Å². The molecule has 1 aliphatic heterocycles. The van der Waals surface area contributed by atoms with Gasteiger partial charge in [0.2, 0.25) is 0 Å². The number of hydrogen-bond donors (Lipinski definition) is 1. The molecule has 0 radical (unpaired) electrons. The molecule has 2 heterocycles. The Kier molecular flexibility index (Phi) is 6.81. The maximum Gasteiger partial charge on any atom is 0.350 e. The molecule has 0 unspecified atom stereocenters. The van der Waals surface area contributed by atoms with Crippen LogP contribution in [0.25, 0.3) is 0 Å². The van der Waals surface area contributed by atoms with Crippen LogP contribution in [-0.2, 0) is 19.1 Å². The second kappa shape index (κ2) is 9.52. The van der Waals surface area contributed by atoms with E-state index in [4.69, 9.17) is 4.74 Å². The van der Waals surface area contributed by atoms with Gasteiger partial charge < -0.3 is 14.8 Å². The van der Waals surface area contributed by atoms with Gasteiger partial charge in [0.1, 0.15) is 4.88 Å². The number of ether oxygens (including phenoxy) is 2. The highest BCUT2D eigenvalue weighted by atomic mass is 32.1. The van der Waals surface area contributed by atoms with E-state index >= 15 is 0 Å². The maximum absolute atomic E-state index is 12.4. The Hall–Kier alpha value is -3.53. The smallest absolute Gasteiger partial charge is 0.350 e. The van der Waals surface area contributed by atoms with E-state index < -0.39 is 24.5 Å². The molecule has 0 bridgehead atoms. The van der Waals surface area contributed by atoms with Gasteiger partial charge in [0.25, 0.3) is 17.7 Å². The minimum atomic E-state index is -0.638. The molecule has 0 spiro atoms. The van der Waals surface area contributed by atoms with Crippen LogP contribution in [0.15, 0.2) is 29.6 Å². The number of nitrogens with one attached hydrogen (secondary N) is 1. The zero-order valence-electron chi connectivity index (χ0n) is 16.9. The van der Waals surface area contributed by atoms with Gasteiger partial charge in [0.15, 0.2) is 6.61 Å². The molecule has 0 fully saturated rings. The normalized spacial score (nSPS) is 12.5. The third kappa shape index (κ3) is 4.97. The Bertz CT molecular complexity index is 1060. The molecule has 9 nitrogen and oxygen atoms in total. The largest absolute Gasteiger partial charge is 0.465 e. The van der Waals surface area contributed by atoms with Crippen LogP contribution < -0.4 is 5.32 Å². The molecule has 1 aliphatic rings. The van der Waals surface area contributed by atoms with Crippen molar-refractivity contribution in [3.05, 3.63) is 51.2 Å². The van der Waals surface area contributed by atoms with Gasteiger partial charge in [-0.15, -0.1) is 11.3 Å². The minimum absolute atomic E-state index is 0.0639. The molecule has 0 saturated heterocycles. The Morgan fingerprint density at radius 1 is 1.10 bits per heavy atom. The van der Waals surface area contributed by atoms with Crippen LogP contribution >= 0.6 is 11.3 Å². The highest BCUT2D eigenvalue weighted by Crippen LogP contribution is 2.24. The predicted octanol–water partition coefficient (Wildman–Crippen LogP) is 2.40. The Labute approximate surface area is 181 Å². The van der Waals surface area contributed by atoms with Crippen molar-refractivity contribution in [3.63, 3.8) is 0 Å². The standard InChI is InChI=1S/C21H20N2O7S/c1-12-5-6-13-14(10-12)20(27)23(19(13)26)8-3-4-17(25)30-11-16(24)22-15-7-9-31-18(15)21(28)29-2/h5-7,9-10H,3-4,8,11H2,1-2H3,(H,22,24). The Morgan fingerprint density at radius 2 is 1.84 bits per heavy atom. The number of amides is 3. The molecule has 10 heteroatoms. The molecule has 3 rings (SSSR count). The zero-order valence-corrected chi connectivity index (χ0v) is 17.7. The van der Waals surface area contributed by atoms with E-state index in [2.05, 4.69) is 10.1 Å². The highest BCUT2D eigenvalue weighted by molar-refractivity contribution is 7.12. The second-order valence-corrected chi connectivity index (χ2v) is 7.69. The number of carbonyl (C=O) groups excluding carboxylic acids is 5. The van der Waals surface area contributed by atoms with Gasteiger partial charge >= 0.3 is 11.9 Å². The summed E-state index contributed by atoms with van der Waals surface area (Å²) in [6.07, 6.45) is 0.146. The van der Waals surface area contributed by atoms with E-state index in [1.54, 1.807) is 29.6 Å². The van der Waals surface area contributed by atoms with Gasteiger partial charge in [-0.2, -0.15) is 0 Å². The number of thiophene rings is 1. The summed E-state index contributed by atoms with van der Waals surface area (Å²) in [7, 11) is 1.23. The van der Waals surface area contributed by atoms with Crippen LogP contribution in [0.5, 0.6) is 0 Å². The number of nitrogens with zero attached hydrogens (tertiary/aromatic N) is 1. The lowest BCUT2D eigenvalue weighted by Gasteiger charge is -2.13. The first-order valence-corrected chi connectivity index (χ1v) is 10.3. The topological polar surface area (TPSA) is 119 Å². The summed E-state index contributed by atoms with van der Waals surface area (Å²) in [6.45, 7) is 1.38. The van der Waals surface area contributed by atoms with Crippen molar-refractivity contribution in [2.24, 2.45) is 0 Å². The number of methoxy groups -OCH3 is 1. The summed E-state index contributed by atoms with van der Waals surface area (Å²) in [5.74, 6) is -2.59. The Morgan fingerprint density at radius 3 is 2.58 bits per heavy atom. The molecular formula is C21H20N2O7S. The predicted molar refractivity (Wildman–Crippen MR) is 111 cm³/mol. The molecule has 0 saturated carbocycles. The maximum atomic E-state index is 12.4. The van der Waals surface area contributed by atoms with Gasteiger partial charge in [0.05, 0.1) is 23.9 Å². The molecule has 0 atom stereocenters. The molecule has 0 aliphatic carbocycles. The number of fused-ring (bicyclic) bond motifs is 1. The molecule has 31 heavy (non-hydrogen) atoms. The first-order chi connectivity index (χ1) is 14.8. The van der Waals surface area contributed by atoms with Crippen molar-refractivity contribution < 1.29 is 33.4 Å². The number of esters is 2. The number of aryl methyl sites for hydroxylation is 1. The van der Waals surface area contributed by atoms with E-state index in [0.717, 1.165) is 21.8 Å². The van der Waals surface area contributed by atoms with Crippen LogP contribution in [0.4, 0.5) is 5.69 Å². The van der Waals surface area contributed by atoms with Gasteiger partial charge in [-0.05, 0) is 36.9 Å². The summed E-state index contributed by atoms with van der Waals surface area (Å²) in [6, 6.07) is 6.60. The first-order valence-electron chi connectivity index (χ1n) is 9.40. The van der Waals surface area contributed by atoms with Gasteiger partial charge in [-0.3, -0.25) is 24.1 Å². The van der Waals surface area contributed by atoms with Crippen LogP contribution in [-0.4, -0.2) is 54.8 Å².